The number of oxazole rings is 1. The van der Waals surface area contributed by atoms with E-state index in [0.717, 1.165) is 18.5 Å². The van der Waals surface area contributed by atoms with Crippen LogP contribution in [0.5, 0.6) is 0 Å². The van der Waals surface area contributed by atoms with Crippen LogP contribution in [0.1, 0.15) is 24.4 Å². The van der Waals surface area contributed by atoms with E-state index in [4.69, 9.17) is 10.2 Å². The smallest absolute Gasteiger partial charge is 0.191 e. The first-order valence-electron chi connectivity index (χ1n) is 4.07. The Labute approximate surface area is 71.3 Å². The largest absolute Gasteiger partial charge is 0.449 e. The van der Waals surface area contributed by atoms with Gasteiger partial charge in [0.25, 0.3) is 0 Å². The summed E-state index contributed by atoms with van der Waals surface area (Å²) in [4.78, 5) is 4.23. The van der Waals surface area contributed by atoms with E-state index < -0.39 is 0 Å². The first-order valence-corrected chi connectivity index (χ1v) is 4.07. The molecule has 0 fully saturated rings. The highest BCUT2D eigenvalue weighted by molar-refractivity contribution is 5.19. The molecule has 0 aromatic carbocycles. The maximum Gasteiger partial charge on any atom is 0.191 e. The van der Waals surface area contributed by atoms with Crippen LogP contribution in [0.3, 0.4) is 0 Å². The van der Waals surface area contributed by atoms with Crippen molar-refractivity contribution in [1.82, 2.24) is 4.98 Å². The molecule has 0 bridgehead atoms. The van der Waals surface area contributed by atoms with Gasteiger partial charge in [-0.15, -0.1) is 0 Å². The highest BCUT2D eigenvalue weighted by atomic mass is 16.3. The van der Waals surface area contributed by atoms with Crippen LogP contribution in [-0.4, -0.2) is 4.98 Å². The normalized spacial score (nSPS) is 20.2. The molecule has 0 radical (unpaired) electrons. The maximum absolute atomic E-state index is 6.11. The number of aryl methyl sites for hydroxylation is 1. The second-order valence-electron chi connectivity index (χ2n) is 3.29. The number of nitrogens with two attached hydrogens (primary N) is 1. The lowest BCUT2D eigenvalue weighted by atomic mass is 9.95. The van der Waals surface area contributed by atoms with Crippen LogP contribution in [0.4, 0.5) is 0 Å². The first kappa shape index (κ1) is 7.55. The van der Waals surface area contributed by atoms with Gasteiger partial charge in [-0.1, -0.05) is 12.2 Å². The molecule has 2 rings (SSSR count). The van der Waals surface area contributed by atoms with Gasteiger partial charge in [0.15, 0.2) is 5.89 Å². The lowest BCUT2D eigenvalue weighted by Gasteiger charge is -2.19. The lowest BCUT2D eigenvalue weighted by Crippen LogP contribution is -2.33. The zero-order valence-electron chi connectivity index (χ0n) is 7.08. The second kappa shape index (κ2) is 2.45. The standard InChI is InChI=1S/C9H12N2O/c1-7-11-8(6-12-7)9(10)4-2-3-5-9/h2-3,6H,4-5,10H2,1H3. The van der Waals surface area contributed by atoms with Gasteiger partial charge in [0.2, 0.25) is 0 Å². The Morgan fingerprint density at radius 3 is 2.67 bits per heavy atom. The average Bonchev–Trinajstić information content (AvgIpc) is 2.59. The van der Waals surface area contributed by atoms with E-state index in [1.807, 2.05) is 6.92 Å². The summed E-state index contributed by atoms with van der Waals surface area (Å²) in [6.07, 6.45) is 7.55. The Bertz CT molecular complexity index is 306. The molecule has 1 heterocycles. The number of nitrogens with zero attached hydrogens (tertiary/aromatic N) is 1. The van der Waals surface area contributed by atoms with Crippen LogP contribution in [0, 0.1) is 6.92 Å². The van der Waals surface area contributed by atoms with Crippen molar-refractivity contribution in [2.24, 2.45) is 5.73 Å². The average molecular weight is 164 g/mol. The zero-order chi connectivity index (χ0) is 8.60. The van der Waals surface area contributed by atoms with Crippen molar-refractivity contribution in [3.8, 4) is 0 Å². The minimum Gasteiger partial charge on any atom is -0.449 e. The van der Waals surface area contributed by atoms with E-state index in [0.29, 0.717) is 5.89 Å². The fourth-order valence-electron chi connectivity index (χ4n) is 1.47. The van der Waals surface area contributed by atoms with E-state index in [9.17, 15) is 0 Å². The number of hydrogen-bond donors (Lipinski definition) is 1. The number of aromatic nitrogens is 1. The molecule has 0 aliphatic heterocycles. The van der Waals surface area contributed by atoms with Gasteiger partial charge < -0.3 is 10.2 Å². The lowest BCUT2D eigenvalue weighted by molar-refractivity contribution is 0.460. The summed E-state index contributed by atoms with van der Waals surface area (Å²) < 4.78 is 5.12. The molecule has 0 unspecified atom stereocenters. The van der Waals surface area contributed by atoms with Gasteiger partial charge in [-0.05, 0) is 12.8 Å². The fourth-order valence-corrected chi connectivity index (χ4v) is 1.47. The van der Waals surface area contributed by atoms with Crippen molar-refractivity contribution < 1.29 is 4.42 Å². The highest BCUT2D eigenvalue weighted by Crippen LogP contribution is 2.30. The van der Waals surface area contributed by atoms with Crippen LogP contribution in [0.2, 0.25) is 0 Å². The number of rotatable bonds is 1. The van der Waals surface area contributed by atoms with Crippen molar-refractivity contribution in [2.75, 3.05) is 0 Å². The molecule has 1 aromatic heterocycles. The summed E-state index contributed by atoms with van der Waals surface area (Å²) in [6.45, 7) is 1.83. The Hall–Kier alpha value is -1.09. The third kappa shape index (κ3) is 1.06. The molecule has 1 aliphatic rings. The van der Waals surface area contributed by atoms with E-state index in [1.165, 1.54) is 0 Å². The molecule has 3 nitrogen and oxygen atoms in total. The van der Waals surface area contributed by atoms with Gasteiger partial charge in [-0.3, -0.25) is 0 Å². The Balaban J connectivity index is 2.30. The van der Waals surface area contributed by atoms with Crippen LogP contribution in [-0.2, 0) is 5.54 Å². The first-order chi connectivity index (χ1) is 5.71. The van der Waals surface area contributed by atoms with Gasteiger partial charge in [0.05, 0.1) is 11.2 Å². The second-order valence-corrected chi connectivity index (χ2v) is 3.29. The van der Waals surface area contributed by atoms with E-state index in [-0.39, 0.29) is 5.54 Å². The van der Waals surface area contributed by atoms with Crippen LogP contribution in [0.15, 0.2) is 22.8 Å². The molecule has 0 saturated heterocycles. The Morgan fingerprint density at radius 2 is 2.17 bits per heavy atom. The molecule has 2 N–H and O–H groups in total. The molecule has 12 heavy (non-hydrogen) atoms. The topological polar surface area (TPSA) is 52.0 Å². The van der Waals surface area contributed by atoms with Crippen LogP contribution >= 0.6 is 0 Å². The summed E-state index contributed by atoms with van der Waals surface area (Å²) in [5.74, 6) is 0.682. The summed E-state index contributed by atoms with van der Waals surface area (Å²) in [7, 11) is 0. The Morgan fingerprint density at radius 1 is 1.50 bits per heavy atom. The summed E-state index contributed by atoms with van der Waals surface area (Å²) >= 11 is 0. The van der Waals surface area contributed by atoms with Crippen molar-refractivity contribution >= 4 is 0 Å². The van der Waals surface area contributed by atoms with Crippen molar-refractivity contribution in [1.29, 1.82) is 0 Å². The van der Waals surface area contributed by atoms with Crippen molar-refractivity contribution in [3.63, 3.8) is 0 Å². The fraction of sp³-hybridized carbons (Fsp3) is 0.444. The molecule has 0 spiro atoms. The zero-order valence-corrected chi connectivity index (χ0v) is 7.08. The molecule has 0 atom stereocenters. The summed E-state index contributed by atoms with van der Waals surface area (Å²) in [6, 6.07) is 0. The van der Waals surface area contributed by atoms with Crippen molar-refractivity contribution in [2.45, 2.75) is 25.3 Å². The summed E-state index contributed by atoms with van der Waals surface area (Å²) in [5, 5.41) is 0. The van der Waals surface area contributed by atoms with Crippen LogP contribution < -0.4 is 5.73 Å². The minimum absolute atomic E-state index is 0.308. The monoisotopic (exact) mass is 164 g/mol. The van der Waals surface area contributed by atoms with Gasteiger partial charge in [-0.25, -0.2) is 4.98 Å². The maximum atomic E-state index is 6.11. The highest BCUT2D eigenvalue weighted by Gasteiger charge is 2.30. The molecule has 0 saturated carbocycles. The van der Waals surface area contributed by atoms with E-state index in [2.05, 4.69) is 17.1 Å². The molecule has 1 aliphatic carbocycles. The quantitative estimate of drug-likeness (QED) is 0.640. The minimum atomic E-state index is -0.308. The molecule has 3 heteroatoms. The van der Waals surface area contributed by atoms with Crippen LogP contribution in [0.25, 0.3) is 0 Å². The predicted molar refractivity (Wildman–Crippen MR) is 45.5 cm³/mol. The van der Waals surface area contributed by atoms with E-state index >= 15 is 0 Å². The van der Waals surface area contributed by atoms with Gasteiger partial charge in [0.1, 0.15) is 6.26 Å². The third-order valence-electron chi connectivity index (χ3n) is 2.26. The molecule has 1 aromatic rings. The molecule has 64 valence electrons. The molecular formula is C9H12N2O. The summed E-state index contributed by atoms with van der Waals surface area (Å²) in [5.41, 5.74) is 6.67. The Kier molecular flexibility index (Phi) is 1.54. The molecule has 0 amide bonds. The SMILES string of the molecule is Cc1nc(C2(N)CC=CC2)co1. The number of hydrogen-bond acceptors (Lipinski definition) is 3. The van der Waals surface area contributed by atoms with Crippen molar-refractivity contribution in [3.05, 3.63) is 30.0 Å². The predicted octanol–water partition coefficient (Wildman–Crippen LogP) is 1.49. The van der Waals surface area contributed by atoms with Gasteiger partial charge in [-0.2, -0.15) is 0 Å². The van der Waals surface area contributed by atoms with Gasteiger partial charge in [0, 0.05) is 6.92 Å². The third-order valence-corrected chi connectivity index (χ3v) is 2.26. The van der Waals surface area contributed by atoms with E-state index in [1.54, 1.807) is 6.26 Å². The molecular weight excluding hydrogens is 152 g/mol. The van der Waals surface area contributed by atoms with Gasteiger partial charge >= 0.3 is 0 Å².